The lowest BCUT2D eigenvalue weighted by Gasteiger charge is -2.20. The number of benzene rings is 1. The van der Waals surface area contributed by atoms with Gasteiger partial charge in [0.15, 0.2) is 5.78 Å². The lowest BCUT2D eigenvalue weighted by Crippen LogP contribution is -2.17. The smallest absolute Gasteiger partial charge is 0.170 e. The third-order valence-corrected chi connectivity index (χ3v) is 2.87. The Kier molecular flexibility index (Phi) is 2.76. The van der Waals surface area contributed by atoms with Crippen molar-refractivity contribution in [3.63, 3.8) is 0 Å². The van der Waals surface area contributed by atoms with E-state index < -0.39 is 0 Å². The fourth-order valence-corrected chi connectivity index (χ4v) is 2.05. The van der Waals surface area contributed by atoms with Crippen molar-refractivity contribution in [3.8, 4) is 5.75 Å². The summed E-state index contributed by atoms with van der Waals surface area (Å²) in [5, 5.41) is 0. The summed E-state index contributed by atoms with van der Waals surface area (Å²) >= 11 is 0. The Hall–Kier alpha value is -1.31. The van der Waals surface area contributed by atoms with Gasteiger partial charge in [-0.2, -0.15) is 0 Å². The minimum absolute atomic E-state index is 0.216. The van der Waals surface area contributed by atoms with E-state index in [-0.39, 0.29) is 5.78 Å². The number of carbonyl (C=O) groups is 1. The molecule has 1 aliphatic heterocycles. The molecular formula is C13H16O2. The Balaban J connectivity index is 2.53. The van der Waals surface area contributed by atoms with Crippen molar-refractivity contribution < 1.29 is 9.53 Å². The van der Waals surface area contributed by atoms with Crippen molar-refractivity contribution in [2.45, 2.75) is 33.1 Å². The number of hydrogen-bond donors (Lipinski definition) is 0. The van der Waals surface area contributed by atoms with Crippen LogP contribution in [-0.4, -0.2) is 12.4 Å². The minimum Gasteiger partial charge on any atom is -0.492 e. The van der Waals surface area contributed by atoms with E-state index in [4.69, 9.17) is 4.74 Å². The van der Waals surface area contributed by atoms with Gasteiger partial charge in [-0.15, -0.1) is 0 Å². The lowest BCUT2D eigenvalue weighted by atomic mass is 9.95. The molecule has 1 aliphatic rings. The van der Waals surface area contributed by atoms with Crippen molar-refractivity contribution in [3.05, 3.63) is 28.8 Å². The molecule has 0 saturated carbocycles. The molecule has 1 heterocycles. The van der Waals surface area contributed by atoms with Crippen LogP contribution in [0.2, 0.25) is 0 Å². The average Bonchev–Trinajstić information content (AvgIpc) is 2.23. The topological polar surface area (TPSA) is 26.3 Å². The highest BCUT2D eigenvalue weighted by Crippen LogP contribution is 2.32. The van der Waals surface area contributed by atoms with Gasteiger partial charge in [-0.05, 0) is 30.5 Å². The van der Waals surface area contributed by atoms with Gasteiger partial charge in [0.05, 0.1) is 12.2 Å². The minimum atomic E-state index is 0.216. The summed E-state index contributed by atoms with van der Waals surface area (Å²) in [7, 11) is 0. The number of aryl methyl sites for hydroxylation is 1. The van der Waals surface area contributed by atoms with Crippen LogP contribution in [0.25, 0.3) is 0 Å². The van der Waals surface area contributed by atoms with Crippen LogP contribution >= 0.6 is 0 Å². The second kappa shape index (κ2) is 4.05. The van der Waals surface area contributed by atoms with E-state index in [1.54, 1.807) is 0 Å². The van der Waals surface area contributed by atoms with E-state index >= 15 is 0 Å². The molecule has 0 aliphatic carbocycles. The van der Waals surface area contributed by atoms with Gasteiger partial charge < -0.3 is 4.74 Å². The summed E-state index contributed by atoms with van der Waals surface area (Å²) < 4.78 is 5.64. The van der Waals surface area contributed by atoms with Crippen LogP contribution in [0.15, 0.2) is 12.1 Å². The summed E-state index contributed by atoms with van der Waals surface area (Å²) in [6.45, 7) is 4.75. The van der Waals surface area contributed by atoms with Gasteiger partial charge in [-0.1, -0.05) is 19.4 Å². The fourth-order valence-electron chi connectivity index (χ4n) is 2.05. The molecule has 1 aromatic rings. The molecule has 0 unspecified atom stereocenters. The number of ether oxygens (including phenoxy) is 1. The number of Topliss-reactive ketones (excluding diaryl/α,β-unsaturated/α-hetero) is 1. The zero-order valence-corrected chi connectivity index (χ0v) is 9.30. The molecule has 0 N–H and O–H groups in total. The van der Waals surface area contributed by atoms with Gasteiger partial charge in [-0.3, -0.25) is 4.79 Å². The first kappa shape index (κ1) is 10.2. The highest BCUT2D eigenvalue weighted by molar-refractivity contribution is 6.00. The molecule has 2 nitrogen and oxygen atoms in total. The van der Waals surface area contributed by atoms with E-state index in [1.807, 2.05) is 12.1 Å². The molecule has 0 bridgehead atoms. The Morgan fingerprint density at radius 2 is 2.20 bits per heavy atom. The molecule has 0 aromatic heterocycles. The third kappa shape index (κ3) is 1.76. The number of carbonyl (C=O) groups excluding carboxylic acids is 1. The monoisotopic (exact) mass is 204 g/mol. The van der Waals surface area contributed by atoms with Crippen LogP contribution in [-0.2, 0) is 6.42 Å². The Bertz CT molecular complexity index is 394. The van der Waals surface area contributed by atoms with Crippen LogP contribution in [0.5, 0.6) is 5.75 Å². The van der Waals surface area contributed by atoms with Crippen molar-refractivity contribution in [2.75, 3.05) is 6.61 Å². The summed E-state index contributed by atoms with van der Waals surface area (Å²) in [5.74, 6) is 1.06. The Morgan fingerprint density at radius 3 is 2.93 bits per heavy atom. The van der Waals surface area contributed by atoms with E-state index in [1.165, 1.54) is 11.1 Å². The molecule has 0 radical (unpaired) electrons. The molecule has 0 fully saturated rings. The zero-order valence-electron chi connectivity index (χ0n) is 9.30. The maximum absolute atomic E-state index is 11.7. The predicted octanol–water partition coefficient (Wildman–Crippen LogP) is 2.91. The lowest BCUT2D eigenvalue weighted by molar-refractivity contribution is 0.0932. The number of ketones is 1. The maximum Gasteiger partial charge on any atom is 0.170 e. The van der Waals surface area contributed by atoms with Gasteiger partial charge in [0.25, 0.3) is 0 Å². The summed E-state index contributed by atoms with van der Waals surface area (Å²) in [4.78, 5) is 11.7. The molecule has 0 saturated heterocycles. The van der Waals surface area contributed by atoms with E-state index in [9.17, 15) is 4.79 Å². The number of fused-ring (bicyclic) bond motifs is 1. The maximum atomic E-state index is 11.7. The molecule has 0 amide bonds. The zero-order chi connectivity index (χ0) is 10.8. The molecular weight excluding hydrogens is 188 g/mol. The second-order valence-electron chi connectivity index (χ2n) is 4.01. The Labute approximate surface area is 90.3 Å². The molecule has 0 spiro atoms. The average molecular weight is 204 g/mol. The molecule has 1 aromatic carbocycles. The summed E-state index contributed by atoms with van der Waals surface area (Å²) in [5.41, 5.74) is 3.21. The van der Waals surface area contributed by atoms with Crippen LogP contribution in [0.1, 0.15) is 41.3 Å². The number of hydrogen-bond acceptors (Lipinski definition) is 2. The molecule has 15 heavy (non-hydrogen) atoms. The SMILES string of the molecule is CCCc1c(C)ccc2c1OCCC2=O. The third-order valence-electron chi connectivity index (χ3n) is 2.87. The molecule has 2 heteroatoms. The predicted molar refractivity (Wildman–Crippen MR) is 59.6 cm³/mol. The summed E-state index contributed by atoms with van der Waals surface area (Å²) in [6, 6.07) is 3.92. The van der Waals surface area contributed by atoms with Crippen LogP contribution < -0.4 is 4.74 Å². The molecule has 2 rings (SSSR count). The van der Waals surface area contributed by atoms with Gasteiger partial charge in [0, 0.05) is 6.42 Å². The van der Waals surface area contributed by atoms with Crippen molar-refractivity contribution >= 4 is 5.78 Å². The quantitative estimate of drug-likeness (QED) is 0.740. The normalized spacial score (nSPS) is 14.7. The molecule has 0 atom stereocenters. The van der Waals surface area contributed by atoms with Gasteiger partial charge in [0.2, 0.25) is 0 Å². The van der Waals surface area contributed by atoms with Gasteiger partial charge in [0.1, 0.15) is 5.75 Å². The van der Waals surface area contributed by atoms with Crippen LogP contribution in [0.3, 0.4) is 0 Å². The standard InChI is InChI=1S/C13H16O2/c1-3-4-10-9(2)5-6-11-12(14)7-8-15-13(10)11/h5-6H,3-4,7-8H2,1-2H3. The first-order valence-electron chi connectivity index (χ1n) is 5.52. The van der Waals surface area contributed by atoms with Crippen molar-refractivity contribution in [1.29, 1.82) is 0 Å². The number of rotatable bonds is 2. The van der Waals surface area contributed by atoms with Crippen molar-refractivity contribution in [1.82, 2.24) is 0 Å². The van der Waals surface area contributed by atoms with Crippen LogP contribution in [0, 0.1) is 6.92 Å². The van der Waals surface area contributed by atoms with Crippen LogP contribution in [0.4, 0.5) is 0 Å². The molecule has 80 valence electrons. The highest BCUT2D eigenvalue weighted by atomic mass is 16.5. The Morgan fingerprint density at radius 1 is 1.40 bits per heavy atom. The second-order valence-corrected chi connectivity index (χ2v) is 4.01. The largest absolute Gasteiger partial charge is 0.492 e. The first-order valence-corrected chi connectivity index (χ1v) is 5.52. The van der Waals surface area contributed by atoms with E-state index in [0.29, 0.717) is 13.0 Å². The highest BCUT2D eigenvalue weighted by Gasteiger charge is 2.21. The van der Waals surface area contributed by atoms with Crippen molar-refractivity contribution in [2.24, 2.45) is 0 Å². The van der Waals surface area contributed by atoms with Gasteiger partial charge in [-0.25, -0.2) is 0 Å². The summed E-state index contributed by atoms with van der Waals surface area (Å²) in [6.07, 6.45) is 2.58. The van der Waals surface area contributed by atoms with Gasteiger partial charge >= 0.3 is 0 Å². The fraction of sp³-hybridized carbons (Fsp3) is 0.462. The first-order chi connectivity index (χ1) is 7.24. The van der Waals surface area contributed by atoms with E-state index in [2.05, 4.69) is 13.8 Å². The van der Waals surface area contributed by atoms with E-state index in [0.717, 1.165) is 24.2 Å².